The highest BCUT2D eigenvalue weighted by molar-refractivity contribution is 7.10. The molecule has 0 aromatic carbocycles. The Balaban J connectivity index is 1.72. The summed E-state index contributed by atoms with van der Waals surface area (Å²) in [5.74, 6) is -0.114. The summed E-state index contributed by atoms with van der Waals surface area (Å²) in [7, 11) is 0. The lowest BCUT2D eigenvalue weighted by Gasteiger charge is -2.32. The number of nitrogens with one attached hydrogen (secondary N) is 1. The number of hydrogen-bond acceptors (Lipinski definition) is 4. The van der Waals surface area contributed by atoms with Crippen molar-refractivity contribution in [3.8, 4) is 0 Å². The number of aryl methyl sites for hydroxylation is 1. The average Bonchev–Trinajstić information content (AvgIpc) is 3.07. The molecular weight excluding hydrogens is 278 g/mol. The van der Waals surface area contributed by atoms with Gasteiger partial charge in [-0.3, -0.25) is 4.79 Å². The third kappa shape index (κ3) is 2.45. The number of carbonyl (C=O) groups is 1. The first-order chi connectivity index (χ1) is 9.19. The van der Waals surface area contributed by atoms with Crippen molar-refractivity contribution < 1.29 is 9.90 Å². The second-order valence-corrected chi connectivity index (χ2v) is 6.62. The molecule has 2 aromatic rings. The molecule has 3 rings (SSSR count). The molecule has 100 valence electrons. The quantitative estimate of drug-likeness (QED) is 0.914. The van der Waals surface area contributed by atoms with Crippen LogP contribution in [0.4, 0.5) is 0 Å². The highest BCUT2D eigenvalue weighted by Crippen LogP contribution is 2.37. The van der Waals surface area contributed by atoms with E-state index in [0.29, 0.717) is 12.0 Å². The van der Waals surface area contributed by atoms with E-state index in [1.807, 2.05) is 22.2 Å². The molecule has 1 aliphatic rings. The van der Waals surface area contributed by atoms with E-state index in [0.717, 1.165) is 18.4 Å². The van der Waals surface area contributed by atoms with Gasteiger partial charge in [-0.15, -0.1) is 11.3 Å². The summed E-state index contributed by atoms with van der Waals surface area (Å²) < 4.78 is 0. The van der Waals surface area contributed by atoms with Crippen LogP contribution >= 0.6 is 22.7 Å². The highest BCUT2D eigenvalue weighted by atomic mass is 32.1. The maximum absolute atomic E-state index is 11.9. The van der Waals surface area contributed by atoms with Gasteiger partial charge >= 0.3 is 0 Å². The van der Waals surface area contributed by atoms with Crippen LogP contribution in [-0.4, -0.2) is 17.6 Å². The fourth-order valence-corrected chi connectivity index (χ4v) is 4.18. The molecule has 3 nitrogen and oxygen atoms in total. The van der Waals surface area contributed by atoms with Crippen molar-refractivity contribution in [1.82, 2.24) is 5.32 Å². The lowest BCUT2D eigenvalue weighted by molar-refractivity contribution is 0.0197. The fraction of sp³-hybridized carbons (Fsp3) is 0.357. The maximum atomic E-state index is 11.9. The fourth-order valence-electron chi connectivity index (χ4n) is 2.53. The van der Waals surface area contributed by atoms with Crippen molar-refractivity contribution in [2.75, 3.05) is 6.54 Å². The molecule has 5 heteroatoms. The normalized spacial score (nSPS) is 21.9. The molecule has 0 fully saturated rings. The molecule has 0 aliphatic heterocycles. The molecule has 0 bridgehead atoms. The molecule has 1 aliphatic carbocycles. The van der Waals surface area contributed by atoms with Gasteiger partial charge in [-0.05, 0) is 47.7 Å². The van der Waals surface area contributed by atoms with Gasteiger partial charge in [0.2, 0.25) is 0 Å². The molecular formula is C14H15NO2S2. The molecule has 1 atom stereocenters. The van der Waals surface area contributed by atoms with Gasteiger partial charge in [-0.1, -0.05) is 0 Å². The first-order valence-corrected chi connectivity index (χ1v) is 8.11. The predicted octanol–water partition coefficient (Wildman–Crippen LogP) is 2.76. The van der Waals surface area contributed by atoms with E-state index in [2.05, 4.69) is 5.32 Å². The van der Waals surface area contributed by atoms with Gasteiger partial charge in [0.15, 0.2) is 0 Å². The van der Waals surface area contributed by atoms with Gasteiger partial charge in [0, 0.05) is 15.8 Å². The van der Waals surface area contributed by atoms with E-state index >= 15 is 0 Å². The SMILES string of the molecule is O=C(NCC1(O)CCCc2sccc21)c1ccsc1. The summed E-state index contributed by atoms with van der Waals surface area (Å²) in [5.41, 5.74) is 0.753. The Hall–Kier alpha value is -1.17. The maximum Gasteiger partial charge on any atom is 0.252 e. The molecule has 0 saturated heterocycles. The van der Waals surface area contributed by atoms with Crippen LogP contribution in [0.2, 0.25) is 0 Å². The standard InChI is InChI=1S/C14H15NO2S2/c16-13(10-3-6-18-8-10)15-9-14(17)5-1-2-12-11(14)4-7-19-12/h3-4,6-8,17H,1-2,5,9H2,(H,15,16). The van der Waals surface area contributed by atoms with Gasteiger partial charge in [0.05, 0.1) is 6.54 Å². The van der Waals surface area contributed by atoms with Gasteiger partial charge in [0.25, 0.3) is 5.91 Å². The summed E-state index contributed by atoms with van der Waals surface area (Å²) in [5, 5.41) is 19.3. The zero-order chi connectivity index (χ0) is 13.3. The zero-order valence-electron chi connectivity index (χ0n) is 10.4. The van der Waals surface area contributed by atoms with Crippen LogP contribution in [0.15, 0.2) is 28.3 Å². The molecule has 2 aromatic heterocycles. The van der Waals surface area contributed by atoms with E-state index in [1.165, 1.54) is 16.2 Å². The predicted molar refractivity (Wildman–Crippen MR) is 77.8 cm³/mol. The highest BCUT2D eigenvalue weighted by Gasteiger charge is 2.35. The summed E-state index contributed by atoms with van der Waals surface area (Å²) in [4.78, 5) is 13.2. The molecule has 1 unspecified atom stereocenters. The Morgan fingerprint density at radius 1 is 1.42 bits per heavy atom. The van der Waals surface area contributed by atoms with Crippen LogP contribution in [0.25, 0.3) is 0 Å². The summed E-state index contributed by atoms with van der Waals surface area (Å²) >= 11 is 3.19. The third-order valence-corrected chi connectivity index (χ3v) is 5.23. The van der Waals surface area contributed by atoms with Crippen molar-refractivity contribution in [3.63, 3.8) is 0 Å². The van der Waals surface area contributed by atoms with Gasteiger partial charge < -0.3 is 10.4 Å². The molecule has 19 heavy (non-hydrogen) atoms. The largest absolute Gasteiger partial charge is 0.383 e. The lowest BCUT2D eigenvalue weighted by atomic mass is 9.83. The Bertz CT molecular complexity index is 576. The van der Waals surface area contributed by atoms with Crippen LogP contribution in [0.1, 0.15) is 33.6 Å². The summed E-state index contributed by atoms with van der Waals surface area (Å²) in [6.07, 6.45) is 2.72. The summed E-state index contributed by atoms with van der Waals surface area (Å²) in [6, 6.07) is 3.77. The third-order valence-electron chi connectivity index (χ3n) is 3.57. The topological polar surface area (TPSA) is 49.3 Å². The number of fused-ring (bicyclic) bond motifs is 1. The van der Waals surface area contributed by atoms with E-state index in [1.54, 1.807) is 17.4 Å². The monoisotopic (exact) mass is 293 g/mol. The molecule has 0 spiro atoms. The van der Waals surface area contributed by atoms with Crippen molar-refractivity contribution in [2.24, 2.45) is 0 Å². The first-order valence-electron chi connectivity index (χ1n) is 6.29. The Morgan fingerprint density at radius 3 is 3.11 bits per heavy atom. The molecule has 0 radical (unpaired) electrons. The van der Waals surface area contributed by atoms with Gasteiger partial charge in [-0.2, -0.15) is 11.3 Å². The van der Waals surface area contributed by atoms with Gasteiger partial charge in [-0.25, -0.2) is 0 Å². The molecule has 2 N–H and O–H groups in total. The Labute approximate surface area is 119 Å². The minimum Gasteiger partial charge on any atom is -0.383 e. The lowest BCUT2D eigenvalue weighted by Crippen LogP contribution is -2.42. The number of aliphatic hydroxyl groups is 1. The second-order valence-electron chi connectivity index (χ2n) is 4.84. The molecule has 2 heterocycles. The number of carbonyl (C=O) groups excluding carboxylic acids is 1. The van der Waals surface area contributed by atoms with E-state index in [4.69, 9.17) is 0 Å². The number of rotatable bonds is 3. The van der Waals surface area contributed by atoms with Gasteiger partial charge in [0.1, 0.15) is 5.60 Å². The van der Waals surface area contributed by atoms with Crippen molar-refractivity contribution in [2.45, 2.75) is 24.9 Å². The minimum absolute atomic E-state index is 0.114. The van der Waals surface area contributed by atoms with Crippen molar-refractivity contribution >= 4 is 28.6 Å². The van der Waals surface area contributed by atoms with Crippen LogP contribution in [-0.2, 0) is 12.0 Å². The van der Waals surface area contributed by atoms with Crippen LogP contribution in [0.5, 0.6) is 0 Å². The van der Waals surface area contributed by atoms with E-state index < -0.39 is 5.60 Å². The second kappa shape index (κ2) is 5.07. The molecule has 0 saturated carbocycles. The average molecular weight is 293 g/mol. The Kier molecular flexibility index (Phi) is 3.43. The number of hydrogen-bond donors (Lipinski definition) is 2. The van der Waals surface area contributed by atoms with Crippen molar-refractivity contribution in [1.29, 1.82) is 0 Å². The van der Waals surface area contributed by atoms with E-state index in [9.17, 15) is 9.90 Å². The van der Waals surface area contributed by atoms with Crippen LogP contribution < -0.4 is 5.32 Å². The smallest absolute Gasteiger partial charge is 0.252 e. The number of amides is 1. The minimum atomic E-state index is -0.904. The first kappa shape index (κ1) is 12.8. The number of thiophene rings is 2. The van der Waals surface area contributed by atoms with E-state index in [-0.39, 0.29) is 12.5 Å². The van der Waals surface area contributed by atoms with Crippen molar-refractivity contribution in [3.05, 3.63) is 44.3 Å². The van der Waals surface area contributed by atoms with Crippen LogP contribution in [0, 0.1) is 0 Å². The van der Waals surface area contributed by atoms with Crippen LogP contribution in [0.3, 0.4) is 0 Å². The zero-order valence-corrected chi connectivity index (χ0v) is 12.0. The summed E-state index contributed by atoms with van der Waals surface area (Å²) in [6.45, 7) is 0.283. The molecule has 1 amide bonds. The Morgan fingerprint density at radius 2 is 2.32 bits per heavy atom.